The first-order valence-electron chi connectivity index (χ1n) is 7.02. The summed E-state index contributed by atoms with van der Waals surface area (Å²) in [5.41, 5.74) is 1.27. The Morgan fingerprint density at radius 3 is 2.89 bits per heavy atom. The molecule has 0 saturated heterocycles. The maximum Gasteiger partial charge on any atom is 0.236 e. The molecule has 1 N–H and O–H groups in total. The zero-order valence-corrected chi connectivity index (χ0v) is 11.8. The Bertz CT molecular complexity index is 313. The van der Waals surface area contributed by atoms with Crippen molar-refractivity contribution in [2.24, 2.45) is 0 Å². The molecule has 1 amide bonds. The van der Waals surface area contributed by atoms with Crippen LogP contribution in [0.15, 0.2) is 11.8 Å². The van der Waals surface area contributed by atoms with Crippen LogP contribution in [0.5, 0.6) is 0 Å². The fraction of sp³-hybridized carbons (Fsp3) is 0.786. The summed E-state index contributed by atoms with van der Waals surface area (Å²) >= 11 is 1.65. The molecule has 0 heterocycles. The van der Waals surface area contributed by atoms with Crippen LogP contribution in [0.4, 0.5) is 0 Å². The molecule has 0 bridgehead atoms. The lowest BCUT2D eigenvalue weighted by Gasteiger charge is -2.27. The van der Waals surface area contributed by atoms with E-state index in [0.717, 1.165) is 25.0 Å². The fourth-order valence-electron chi connectivity index (χ4n) is 2.37. The Balaban J connectivity index is 1.84. The summed E-state index contributed by atoms with van der Waals surface area (Å²) in [5, 5.41) is 8.72. The van der Waals surface area contributed by atoms with Crippen molar-refractivity contribution in [3.63, 3.8) is 0 Å². The molecule has 0 aliphatic heterocycles. The number of carbonyl (C=O) groups excluding carboxylic acids is 1. The molecule has 1 saturated carbocycles. The molecule has 0 spiro atoms. The van der Waals surface area contributed by atoms with Crippen LogP contribution < -0.4 is 0 Å². The van der Waals surface area contributed by atoms with Gasteiger partial charge in [-0.3, -0.25) is 4.79 Å². The molecule has 0 aromatic rings. The van der Waals surface area contributed by atoms with Gasteiger partial charge in [-0.15, -0.1) is 0 Å². The normalized spacial score (nSPS) is 19.5. The molecule has 2 aliphatic rings. The van der Waals surface area contributed by atoms with Crippen LogP contribution >= 0.6 is 11.8 Å². The van der Waals surface area contributed by atoms with Crippen molar-refractivity contribution in [2.45, 2.75) is 51.0 Å². The van der Waals surface area contributed by atoms with E-state index in [9.17, 15) is 4.79 Å². The maximum absolute atomic E-state index is 12.3. The molecule has 0 atom stereocenters. The van der Waals surface area contributed by atoms with Gasteiger partial charge in [-0.25, -0.2) is 0 Å². The lowest BCUT2D eigenvalue weighted by atomic mass is 10.0. The number of carbonyl (C=O) groups is 1. The van der Waals surface area contributed by atoms with Crippen molar-refractivity contribution >= 4 is 17.7 Å². The average Bonchev–Trinajstić information content (AvgIpc) is 3.21. The van der Waals surface area contributed by atoms with Crippen LogP contribution in [0.2, 0.25) is 0 Å². The van der Waals surface area contributed by atoms with E-state index in [0.29, 0.717) is 11.8 Å². The van der Waals surface area contributed by atoms with Gasteiger partial charge in [-0.05, 0) is 50.7 Å². The second-order valence-corrected chi connectivity index (χ2v) is 6.17. The summed E-state index contributed by atoms with van der Waals surface area (Å²) < 4.78 is 0. The van der Waals surface area contributed by atoms with Crippen molar-refractivity contribution < 1.29 is 9.90 Å². The summed E-state index contributed by atoms with van der Waals surface area (Å²) in [6.45, 7) is 0.221. The zero-order chi connectivity index (χ0) is 12.8. The molecular formula is C14H23NO2S. The molecular weight excluding hydrogens is 246 g/mol. The van der Waals surface area contributed by atoms with Gasteiger partial charge in [0, 0.05) is 18.3 Å². The molecule has 18 heavy (non-hydrogen) atoms. The van der Waals surface area contributed by atoms with E-state index in [1.165, 1.54) is 31.4 Å². The zero-order valence-electron chi connectivity index (χ0n) is 10.9. The van der Waals surface area contributed by atoms with Crippen LogP contribution in [-0.2, 0) is 4.79 Å². The Labute approximate surface area is 114 Å². The Hall–Kier alpha value is -0.480. The third-order valence-electron chi connectivity index (χ3n) is 3.43. The predicted molar refractivity (Wildman–Crippen MR) is 75.4 cm³/mol. The fourth-order valence-corrected chi connectivity index (χ4v) is 3.16. The van der Waals surface area contributed by atoms with E-state index in [-0.39, 0.29) is 12.5 Å². The monoisotopic (exact) mass is 269 g/mol. The summed E-state index contributed by atoms with van der Waals surface area (Å²) in [6.07, 6.45) is 10.1. The highest BCUT2D eigenvalue weighted by atomic mass is 32.2. The molecule has 1 fully saturated rings. The largest absolute Gasteiger partial charge is 0.396 e. The minimum atomic E-state index is 0.221. The third kappa shape index (κ3) is 4.02. The highest BCUT2D eigenvalue weighted by Crippen LogP contribution is 2.34. The number of hydrogen-bond donors (Lipinski definition) is 1. The molecule has 2 rings (SSSR count). The molecule has 0 unspecified atom stereocenters. The van der Waals surface area contributed by atoms with Crippen LogP contribution in [0.25, 0.3) is 0 Å². The van der Waals surface area contributed by atoms with Crippen molar-refractivity contribution in [1.82, 2.24) is 4.90 Å². The number of allylic oxidation sites excluding steroid dienone is 2. The Morgan fingerprint density at radius 2 is 2.28 bits per heavy atom. The van der Waals surface area contributed by atoms with Crippen LogP contribution in [0.1, 0.15) is 44.9 Å². The van der Waals surface area contributed by atoms with Crippen LogP contribution in [-0.4, -0.2) is 40.1 Å². The van der Waals surface area contributed by atoms with Crippen molar-refractivity contribution in [2.75, 3.05) is 18.1 Å². The summed E-state index contributed by atoms with van der Waals surface area (Å²) in [5.74, 6) is 1.71. The van der Waals surface area contributed by atoms with Crippen molar-refractivity contribution in [3.05, 3.63) is 11.8 Å². The number of nitrogens with zero attached hydrogens (tertiary/aromatic N) is 1. The summed E-state index contributed by atoms with van der Waals surface area (Å²) in [6, 6.07) is 0.486. The second-order valence-electron chi connectivity index (χ2n) is 5.07. The van der Waals surface area contributed by atoms with Gasteiger partial charge in [0.25, 0.3) is 0 Å². The van der Waals surface area contributed by atoms with E-state index in [4.69, 9.17) is 5.11 Å². The first-order chi connectivity index (χ1) is 8.83. The number of hydrogen-bond acceptors (Lipinski definition) is 3. The first kappa shape index (κ1) is 13.9. The van der Waals surface area contributed by atoms with E-state index < -0.39 is 0 Å². The van der Waals surface area contributed by atoms with E-state index in [2.05, 4.69) is 11.0 Å². The molecule has 0 aromatic carbocycles. The van der Waals surface area contributed by atoms with Gasteiger partial charge in [-0.2, -0.15) is 11.8 Å². The number of aliphatic hydroxyl groups is 1. The molecule has 0 aromatic heterocycles. The Kier molecular flexibility index (Phi) is 5.57. The topological polar surface area (TPSA) is 40.5 Å². The highest BCUT2D eigenvalue weighted by molar-refractivity contribution is 7.99. The van der Waals surface area contributed by atoms with Crippen molar-refractivity contribution in [1.29, 1.82) is 0 Å². The molecule has 4 heteroatoms. The molecule has 3 nitrogen and oxygen atoms in total. The highest BCUT2D eigenvalue weighted by Gasteiger charge is 2.34. The van der Waals surface area contributed by atoms with Gasteiger partial charge in [0.2, 0.25) is 5.91 Å². The van der Waals surface area contributed by atoms with Gasteiger partial charge < -0.3 is 10.0 Å². The number of aliphatic hydroxyl groups excluding tert-OH is 1. The first-order valence-corrected chi connectivity index (χ1v) is 8.18. The van der Waals surface area contributed by atoms with Gasteiger partial charge in [0.15, 0.2) is 0 Å². The minimum absolute atomic E-state index is 0.221. The standard InChI is InChI=1S/C14H23NO2S/c16-9-4-10-18-11-14(17)15(13-7-8-13)12-5-2-1-3-6-12/h5,13,16H,1-4,6-11H2. The lowest BCUT2D eigenvalue weighted by molar-refractivity contribution is -0.127. The minimum Gasteiger partial charge on any atom is -0.396 e. The van der Waals surface area contributed by atoms with Gasteiger partial charge in [-0.1, -0.05) is 6.08 Å². The number of rotatable bonds is 7. The smallest absolute Gasteiger partial charge is 0.236 e. The number of thioether (sulfide) groups is 1. The Morgan fingerprint density at radius 1 is 1.44 bits per heavy atom. The van der Waals surface area contributed by atoms with Gasteiger partial charge in [0.1, 0.15) is 0 Å². The SMILES string of the molecule is O=C(CSCCCO)N(C1=CCCCC1)C1CC1. The quantitative estimate of drug-likeness (QED) is 0.722. The predicted octanol–water partition coefficient (Wildman–Crippen LogP) is 2.55. The van der Waals surface area contributed by atoms with Gasteiger partial charge >= 0.3 is 0 Å². The molecule has 0 radical (unpaired) electrons. The van der Waals surface area contributed by atoms with E-state index in [1.54, 1.807) is 11.8 Å². The van der Waals surface area contributed by atoms with Crippen molar-refractivity contribution in [3.8, 4) is 0 Å². The maximum atomic E-state index is 12.3. The third-order valence-corrected chi connectivity index (χ3v) is 4.46. The second kappa shape index (κ2) is 7.19. The van der Waals surface area contributed by atoms with Crippen LogP contribution in [0.3, 0.4) is 0 Å². The lowest BCUT2D eigenvalue weighted by Crippen LogP contribution is -2.34. The molecule has 102 valence electrons. The summed E-state index contributed by atoms with van der Waals surface area (Å²) in [7, 11) is 0. The van der Waals surface area contributed by atoms with Crippen LogP contribution in [0, 0.1) is 0 Å². The van der Waals surface area contributed by atoms with E-state index in [1.807, 2.05) is 0 Å². The molecule has 2 aliphatic carbocycles. The average molecular weight is 269 g/mol. The van der Waals surface area contributed by atoms with Gasteiger partial charge in [0.05, 0.1) is 5.75 Å². The number of amides is 1. The summed E-state index contributed by atoms with van der Waals surface area (Å²) in [4.78, 5) is 14.4. The van der Waals surface area contributed by atoms with E-state index >= 15 is 0 Å².